The van der Waals surface area contributed by atoms with Crippen molar-refractivity contribution >= 4 is 5.97 Å². The molecule has 0 aliphatic heterocycles. The molecule has 0 aromatic heterocycles. The molecule has 2 aromatic carbocycles. The molecule has 0 aliphatic rings. The molecule has 0 N–H and O–H groups in total. The van der Waals surface area contributed by atoms with Crippen molar-refractivity contribution in [2.24, 2.45) is 5.92 Å². The van der Waals surface area contributed by atoms with E-state index in [1.807, 2.05) is 32.0 Å². The van der Waals surface area contributed by atoms with E-state index < -0.39 is 0 Å². The Hall–Kier alpha value is -2.33. The minimum absolute atomic E-state index is 0.153. The van der Waals surface area contributed by atoms with Crippen molar-refractivity contribution in [3.63, 3.8) is 0 Å². The number of para-hydroxylation sites is 1. The topological polar surface area (TPSA) is 35.5 Å². The Kier molecular flexibility index (Phi) is 16.7. The predicted octanol–water partition coefficient (Wildman–Crippen LogP) is 9.15. The number of carbonyl (C=O) groups is 1. The molecule has 2 aromatic rings. The third kappa shape index (κ3) is 14.9. The Morgan fingerprint density at radius 1 is 0.750 bits per heavy atom. The van der Waals surface area contributed by atoms with Crippen LogP contribution in [0.15, 0.2) is 54.6 Å². The standard InChI is InChI=1S/C36H58NO3/c1-6-7-8-9-10-11-12-13-14-15-16-20-25-34-26-21-22-27-35(34)40-32(3)30-39-36(38)31(2)28-37(4,5)29-33-23-18-17-19-24-33/h17-19,21-24,26-27,31-32H,6-16,20,25,28-30H2,1-5H3/q+1. The van der Waals surface area contributed by atoms with Crippen LogP contribution in [-0.2, 0) is 22.5 Å². The van der Waals surface area contributed by atoms with Gasteiger partial charge in [-0.2, -0.15) is 0 Å². The summed E-state index contributed by atoms with van der Waals surface area (Å²) in [5, 5.41) is 0. The second-order valence-electron chi connectivity index (χ2n) is 12.5. The molecule has 0 amide bonds. The third-order valence-corrected chi connectivity index (χ3v) is 7.68. The zero-order valence-corrected chi connectivity index (χ0v) is 26.3. The van der Waals surface area contributed by atoms with Crippen LogP contribution in [0.1, 0.15) is 109 Å². The number of quaternary nitrogens is 1. The third-order valence-electron chi connectivity index (χ3n) is 7.68. The van der Waals surface area contributed by atoms with Crippen LogP contribution < -0.4 is 4.74 Å². The van der Waals surface area contributed by atoms with Gasteiger partial charge in [-0.15, -0.1) is 0 Å². The number of aryl methyl sites for hydroxylation is 1. The fraction of sp³-hybridized carbons (Fsp3) is 0.639. The minimum Gasteiger partial charge on any atom is -0.487 e. The lowest BCUT2D eigenvalue weighted by atomic mass is 10.0. The number of rotatable bonds is 22. The maximum Gasteiger partial charge on any atom is 0.314 e. The van der Waals surface area contributed by atoms with E-state index >= 15 is 0 Å². The van der Waals surface area contributed by atoms with Gasteiger partial charge < -0.3 is 14.0 Å². The van der Waals surface area contributed by atoms with Crippen molar-refractivity contribution in [1.29, 1.82) is 0 Å². The second-order valence-corrected chi connectivity index (χ2v) is 12.5. The lowest BCUT2D eigenvalue weighted by molar-refractivity contribution is -0.905. The molecule has 0 heterocycles. The van der Waals surface area contributed by atoms with Gasteiger partial charge in [-0.1, -0.05) is 126 Å². The van der Waals surface area contributed by atoms with Crippen LogP contribution in [0.2, 0.25) is 0 Å². The lowest BCUT2D eigenvalue weighted by Crippen LogP contribution is -2.44. The number of hydrogen-bond acceptors (Lipinski definition) is 3. The average molecular weight is 553 g/mol. The van der Waals surface area contributed by atoms with Gasteiger partial charge in [-0.3, -0.25) is 4.79 Å². The van der Waals surface area contributed by atoms with Gasteiger partial charge in [0.15, 0.2) is 0 Å². The highest BCUT2D eigenvalue weighted by Gasteiger charge is 2.26. The smallest absolute Gasteiger partial charge is 0.314 e. The fourth-order valence-electron chi connectivity index (χ4n) is 5.53. The van der Waals surface area contributed by atoms with Crippen LogP contribution >= 0.6 is 0 Å². The van der Waals surface area contributed by atoms with Gasteiger partial charge in [-0.05, 0) is 38.3 Å². The molecule has 0 fully saturated rings. The number of unbranched alkanes of at least 4 members (excludes halogenated alkanes) is 11. The van der Waals surface area contributed by atoms with Crippen LogP contribution in [0.5, 0.6) is 5.75 Å². The van der Waals surface area contributed by atoms with E-state index in [4.69, 9.17) is 9.47 Å². The summed E-state index contributed by atoms with van der Waals surface area (Å²) in [6.07, 6.45) is 17.2. The van der Waals surface area contributed by atoms with Crippen LogP contribution in [-0.4, -0.2) is 43.8 Å². The van der Waals surface area contributed by atoms with Gasteiger partial charge in [0.1, 0.15) is 30.9 Å². The van der Waals surface area contributed by atoms with Crippen LogP contribution in [0, 0.1) is 5.92 Å². The van der Waals surface area contributed by atoms with Crippen LogP contribution in [0.25, 0.3) is 0 Å². The molecule has 0 saturated carbocycles. The Balaban J connectivity index is 1.64. The molecule has 4 nitrogen and oxygen atoms in total. The molecular weight excluding hydrogens is 494 g/mol. The van der Waals surface area contributed by atoms with E-state index in [0.29, 0.717) is 0 Å². The van der Waals surface area contributed by atoms with Crippen molar-refractivity contribution < 1.29 is 18.8 Å². The first-order valence-electron chi connectivity index (χ1n) is 16.1. The molecule has 40 heavy (non-hydrogen) atoms. The summed E-state index contributed by atoms with van der Waals surface area (Å²) >= 11 is 0. The molecule has 0 saturated heterocycles. The van der Waals surface area contributed by atoms with E-state index in [0.717, 1.165) is 29.7 Å². The molecule has 2 atom stereocenters. The predicted molar refractivity (Wildman–Crippen MR) is 169 cm³/mol. The summed E-state index contributed by atoms with van der Waals surface area (Å²) in [5.41, 5.74) is 2.53. The normalized spacial score (nSPS) is 13.1. The van der Waals surface area contributed by atoms with E-state index in [1.165, 1.54) is 88.2 Å². The molecule has 0 bridgehead atoms. The minimum atomic E-state index is -0.189. The number of hydrogen-bond donors (Lipinski definition) is 0. The van der Waals surface area contributed by atoms with E-state index in [1.54, 1.807) is 0 Å². The Morgan fingerprint density at radius 3 is 1.93 bits per heavy atom. The van der Waals surface area contributed by atoms with Gasteiger partial charge in [0, 0.05) is 5.56 Å². The average Bonchev–Trinajstić information content (AvgIpc) is 2.93. The first-order chi connectivity index (χ1) is 19.3. The van der Waals surface area contributed by atoms with Crippen molar-refractivity contribution in [3.05, 3.63) is 65.7 Å². The molecule has 4 heteroatoms. The number of carbonyl (C=O) groups excluding carboxylic acids is 1. The van der Waals surface area contributed by atoms with E-state index in [2.05, 4.69) is 57.4 Å². The molecule has 2 rings (SSSR count). The molecule has 0 radical (unpaired) electrons. The highest BCUT2D eigenvalue weighted by molar-refractivity contribution is 5.72. The van der Waals surface area contributed by atoms with Gasteiger partial charge in [0.2, 0.25) is 0 Å². The highest BCUT2D eigenvalue weighted by atomic mass is 16.6. The Morgan fingerprint density at radius 2 is 1.30 bits per heavy atom. The maximum atomic E-state index is 12.7. The van der Waals surface area contributed by atoms with Gasteiger partial charge >= 0.3 is 5.97 Å². The zero-order chi connectivity index (χ0) is 29.1. The summed E-state index contributed by atoms with van der Waals surface area (Å²) in [7, 11) is 4.33. The van der Waals surface area contributed by atoms with Gasteiger partial charge in [-0.25, -0.2) is 0 Å². The first-order valence-corrected chi connectivity index (χ1v) is 16.1. The number of nitrogens with zero attached hydrogens (tertiary/aromatic N) is 1. The summed E-state index contributed by atoms with van der Waals surface area (Å²) < 4.78 is 12.6. The number of ether oxygens (including phenoxy) is 2. The monoisotopic (exact) mass is 552 g/mol. The van der Waals surface area contributed by atoms with Gasteiger partial charge in [0.25, 0.3) is 0 Å². The summed E-state index contributed by atoms with van der Waals surface area (Å²) in [6.45, 7) is 8.10. The van der Waals surface area contributed by atoms with Crippen LogP contribution in [0.4, 0.5) is 0 Å². The maximum absolute atomic E-state index is 12.7. The largest absolute Gasteiger partial charge is 0.487 e. The second kappa shape index (κ2) is 19.7. The summed E-state index contributed by atoms with van der Waals surface area (Å²) in [6, 6.07) is 18.7. The SMILES string of the molecule is CCCCCCCCCCCCCCc1ccccc1OC(C)COC(=O)C(C)C[N+](C)(C)Cc1ccccc1. The summed E-state index contributed by atoms with van der Waals surface area (Å²) in [4.78, 5) is 12.7. The van der Waals surface area contributed by atoms with Crippen molar-refractivity contribution in [2.45, 2.75) is 117 Å². The number of esters is 1. The molecule has 224 valence electrons. The molecule has 2 unspecified atom stereocenters. The van der Waals surface area contributed by atoms with Crippen molar-refractivity contribution in [1.82, 2.24) is 0 Å². The molecule has 0 aliphatic carbocycles. The van der Waals surface area contributed by atoms with E-state index in [-0.39, 0.29) is 24.6 Å². The van der Waals surface area contributed by atoms with Crippen molar-refractivity contribution in [2.75, 3.05) is 27.2 Å². The summed E-state index contributed by atoms with van der Waals surface area (Å²) in [5.74, 6) is 0.589. The number of benzene rings is 2. The fourth-order valence-corrected chi connectivity index (χ4v) is 5.53. The quantitative estimate of drug-likeness (QED) is 0.0830. The molecule has 0 spiro atoms. The Labute approximate surface area is 246 Å². The van der Waals surface area contributed by atoms with Crippen molar-refractivity contribution in [3.8, 4) is 5.75 Å². The zero-order valence-electron chi connectivity index (χ0n) is 26.3. The first kappa shape index (κ1) is 33.9. The van der Waals surface area contributed by atoms with E-state index in [9.17, 15) is 4.79 Å². The molecular formula is C36H58NO3+. The Bertz CT molecular complexity index is 927. The highest BCUT2D eigenvalue weighted by Crippen LogP contribution is 2.23. The van der Waals surface area contributed by atoms with Gasteiger partial charge in [0.05, 0.1) is 20.6 Å². The van der Waals surface area contributed by atoms with Crippen LogP contribution in [0.3, 0.4) is 0 Å². The lowest BCUT2D eigenvalue weighted by Gasteiger charge is -2.32.